The van der Waals surface area contributed by atoms with Gasteiger partial charge in [-0.25, -0.2) is 4.39 Å². The molecule has 0 aromatic heterocycles. The number of hydrogen-bond acceptors (Lipinski definition) is 2. The van der Waals surface area contributed by atoms with E-state index in [1.165, 1.54) is 10.5 Å². The molecule has 4 heteroatoms. The molecule has 2 aromatic carbocycles. The average Bonchev–Trinajstić information content (AvgIpc) is 2.91. The summed E-state index contributed by atoms with van der Waals surface area (Å²) in [5.41, 5.74) is 2.11. The SMILES string of the molecule is CCNC(c1cccc(Br)c1F)C1Cc2ccccc2S1. The van der Waals surface area contributed by atoms with Crippen LogP contribution in [-0.4, -0.2) is 11.8 Å². The second-order valence-corrected chi connectivity index (χ2v) is 7.28. The highest BCUT2D eigenvalue weighted by atomic mass is 79.9. The normalized spacial score (nSPS) is 18.5. The van der Waals surface area contributed by atoms with E-state index in [2.05, 4.69) is 52.4 Å². The molecule has 1 nitrogen and oxygen atoms in total. The first-order chi connectivity index (χ1) is 10.2. The van der Waals surface area contributed by atoms with Crippen LogP contribution in [0.3, 0.4) is 0 Å². The first-order valence-electron chi connectivity index (χ1n) is 7.12. The molecule has 1 heterocycles. The molecule has 0 saturated carbocycles. The lowest BCUT2D eigenvalue weighted by atomic mass is 9.98. The minimum atomic E-state index is -0.153. The summed E-state index contributed by atoms with van der Waals surface area (Å²) in [5.74, 6) is -0.153. The monoisotopic (exact) mass is 365 g/mol. The topological polar surface area (TPSA) is 12.0 Å². The average molecular weight is 366 g/mol. The van der Waals surface area contributed by atoms with Crippen LogP contribution in [0.5, 0.6) is 0 Å². The van der Waals surface area contributed by atoms with Gasteiger partial charge in [0, 0.05) is 21.8 Å². The van der Waals surface area contributed by atoms with Crippen molar-refractivity contribution in [2.24, 2.45) is 0 Å². The standard InChI is InChI=1S/C17H17BrFNS/c1-2-20-17(12-7-5-8-13(18)16(12)19)15-10-11-6-3-4-9-14(11)21-15/h3-9,15,17,20H,2,10H2,1H3. The van der Waals surface area contributed by atoms with Gasteiger partial charge in [0.25, 0.3) is 0 Å². The molecule has 1 aliphatic heterocycles. The molecule has 2 aromatic rings. The molecular formula is C17H17BrFNS. The van der Waals surface area contributed by atoms with Gasteiger partial charge in [0.05, 0.1) is 4.47 Å². The molecule has 0 bridgehead atoms. The third-order valence-corrected chi connectivity index (χ3v) is 5.79. The second kappa shape index (κ2) is 6.51. The zero-order valence-electron chi connectivity index (χ0n) is 11.8. The Labute approximate surface area is 137 Å². The lowest BCUT2D eigenvalue weighted by Gasteiger charge is -2.25. The summed E-state index contributed by atoms with van der Waals surface area (Å²) in [6.45, 7) is 2.89. The number of nitrogens with one attached hydrogen (secondary N) is 1. The predicted molar refractivity (Wildman–Crippen MR) is 90.3 cm³/mol. The molecule has 110 valence electrons. The van der Waals surface area contributed by atoms with E-state index in [9.17, 15) is 4.39 Å². The van der Waals surface area contributed by atoms with E-state index in [4.69, 9.17) is 0 Å². The molecule has 0 fully saturated rings. The van der Waals surface area contributed by atoms with Crippen LogP contribution in [0.4, 0.5) is 4.39 Å². The van der Waals surface area contributed by atoms with Gasteiger partial charge in [-0.2, -0.15) is 0 Å². The van der Waals surface area contributed by atoms with Crippen molar-refractivity contribution in [2.45, 2.75) is 29.5 Å². The van der Waals surface area contributed by atoms with Gasteiger partial charge in [0.15, 0.2) is 0 Å². The third-order valence-electron chi connectivity index (χ3n) is 3.78. The molecule has 0 aliphatic carbocycles. The minimum Gasteiger partial charge on any atom is -0.309 e. The van der Waals surface area contributed by atoms with E-state index in [-0.39, 0.29) is 11.9 Å². The molecule has 21 heavy (non-hydrogen) atoms. The Hall–Kier alpha value is -0.840. The zero-order chi connectivity index (χ0) is 14.8. The lowest BCUT2D eigenvalue weighted by molar-refractivity contribution is 0.496. The minimum absolute atomic E-state index is 0.0184. The number of fused-ring (bicyclic) bond motifs is 1. The van der Waals surface area contributed by atoms with E-state index in [0.717, 1.165) is 18.5 Å². The Balaban J connectivity index is 1.91. The molecule has 0 spiro atoms. The Morgan fingerprint density at radius 1 is 1.29 bits per heavy atom. The van der Waals surface area contributed by atoms with Gasteiger partial charge in [-0.15, -0.1) is 11.8 Å². The van der Waals surface area contributed by atoms with Gasteiger partial charge in [0.1, 0.15) is 5.82 Å². The predicted octanol–water partition coefficient (Wildman–Crippen LogP) is 4.96. The van der Waals surface area contributed by atoms with Gasteiger partial charge in [-0.1, -0.05) is 37.3 Å². The first kappa shape index (κ1) is 15.1. The van der Waals surface area contributed by atoms with Crippen molar-refractivity contribution in [3.05, 3.63) is 63.9 Å². The lowest BCUT2D eigenvalue weighted by Crippen LogP contribution is -2.30. The van der Waals surface area contributed by atoms with Gasteiger partial charge >= 0.3 is 0 Å². The summed E-state index contributed by atoms with van der Waals surface area (Å²) in [6, 6.07) is 14.0. The fraction of sp³-hybridized carbons (Fsp3) is 0.294. The van der Waals surface area contributed by atoms with Crippen LogP contribution in [0.1, 0.15) is 24.1 Å². The van der Waals surface area contributed by atoms with E-state index < -0.39 is 0 Å². The van der Waals surface area contributed by atoms with Gasteiger partial charge in [-0.05, 0) is 46.6 Å². The van der Waals surface area contributed by atoms with Crippen LogP contribution < -0.4 is 5.32 Å². The van der Waals surface area contributed by atoms with E-state index in [1.54, 1.807) is 6.07 Å². The van der Waals surface area contributed by atoms with Crippen molar-refractivity contribution in [3.63, 3.8) is 0 Å². The quantitative estimate of drug-likeness (QED) is 0.821. The van der Waals surface area contributed by atoms with Crippen molar-refractivity contribution in [1.29, 1.82) is 0 Å². The van der Waals surface area contributed by atoms with Crippen molar-refractivity contribution in [3.8, 4) is 0 Å². The number of benzene rings is 2. The summed E-state index contributed by atoms with van der Waals surface area (Å²) in [7, 11) is 0. The molecule has 0 amide bonds. The van der Waals surface area contributed by atoms with Crippen molar-refractivity contribution < 1.29 is 4.39 Å². The third kappa shape index (κ3) is 3.03. The summed E-state index contributed by atoms with van der Waals surface area (Å²) < 4.78 is 15.0. The zero-order valence-corrected chi connectivity index (χ0v) is 14.2. The van der Waals surface area contributed by atoms with Crippen LogP contribution in [0.25, 0.3) is 0 Å². The Morgan fingerprint density at radius 2 is 2.10 bits per heavy atom. The number of rotatable bonds is 4. The van der Waals surface area contributed by atoms with Crippen LogP contribution in [0, 0.1) is 5.82 Å². The van der Waals surface area contributed by atoms with Crippen molar-refractivity contribution in [1.82, 2.24) is 5.32 Å². The first-order valence-corrected chi connectivity index (χ1v) is 8.79. The molecule has 2 atom stereocenters. The van der Waals surface area contributed by atoms with Crippen LogP contribution in [-0.2, 0) is 6.42 Å². The molecule has 2 unspecified atom stereocenters. The summed E-state index contributed by atoms with van der Waals surface area (Å²) in [4.78, 5) is 1.32. The maximum Gasteiger partial charge on any atom is 0.142 e. The molecule has 1 N–H and O–H groups in total. The fourth-order valence-corrected chi connectivity index (χ4v) is 4.63. The van der Waals surface area contributed by atoms with Gasteiger partial charge < -0.3 is 5.32 Å². The molecular weight excluding hydrogens is 349 g/mol. The molecule has 3 rings (SSSR count). The highest BCUT2D eigenvalue weighted by molar-refractivity contribution is 9.10. The highest BCUT2D eigenvalue weighted by Crippen LogP contribution is 2.43. The van der Waals surface area contributed by atoms with Crippen LogP contribution in [0.2, 0.25) is 0 Å². The number of thioether (sulfide) groups is 1. The molecule has 1 aliphatic rings. The Kier molecular flexibility index (Phi) is 4.67. The number of halogens is 2. The van der Waals surface area contributed by atoms with Crippen LogP contribution in [0.15, 0.2) is 51.8 Å². The largest absolute Gasteiger partial charge is 0.309 e. The Bertz CT molecular complexity index is 621. The maximum absolute atomic E-state index is 14.5. The molecule has 0 saturated heterocycles. The molecule has 0 radical (unpaired) electrons. The van der Waals surface area contributed by atoms with E-state index in [1.807, 2.05) is 23.9 Å². The van der Waals surface area contributed by atoms with Crippen molar-refractivity contribution >= 4 is 27.7 Å². The number of hydrogen-bond donors (Lipinski definition) is 1. The summed E-state index contributed by atoms with van der Waals surface area (Å²) in [5, 5.41) is 3.79. The van der Waals surface area contributed by atoms with Gasteiger partial charge in [0.2, 0.25) is 0 Å². The smallest absolute Gasteiger partial charge is 0.142 e. The van der Waals surface area contributed by atoms with Crippen LogP contribution >= 0.6 is 27.7 Å². The Morgan fingerprint density at radius 3 is 2.86 bits per heavy atom. The fourth-order valence-electron chi connectivity index (χ4n) is 2.82. The summed E-state index contributed by atoms with van der Waals surface area (Å²) in [6.07, 6.45) is 0.977. The van der Waals surface area contributed by atoms with Crippen molar-refractivity contribution in [2.75, 3.05) is 6.54 Å². The summed E-state index contributed by atoms with van der Waals surface area (Å²) >= 11 is 5.14. The van der Waals surface area contributed by atoms with Gasteiger partial charge in [-0.3, -0.25) is 0 Å². The maximum atomic E-state index is 14.5. The van der Waals surface area contributed by atoms with E-state index >= 15 is 0 Å². The highest BCUT2D eigenvalue weighted by Gasteiger charge is 2.31. The second-order valence-electron chi connectivity index (χ2n) is 5.15. The van der Waals surface area contributed by atoms with E-state index in [0.29, 0.717) is 9.72 Å².